The highest BCUT2D eigenvalue weighted by Gasteiger charge is 2.22. The van der Waals surface area contributed by atoms with E-state index in [9.17, 15) is 0 Å². The molecule has 4 heteroatoms. The summed E-state index contributed by atoms with van der Waals surface area (Å²) in [6.45, 7) is 2.73. The van der Waals surface area contributed by atoms with E-state index < -0.39 is 0 Å². The standard InChI is InChI=1S/C17H24N4/c1-13-19-20-17(21(13)15-8-3-2-4-9-15)16-10-6-5-7-14(16)11-12-18/h5-7,10,15H,2-4,8-9,11-12,18H2,1H3. The van der Waals surface area contributed by atoms with Gasteiger partial charge in [-0.3, -0.25) is 0 Å². The molecule has 112 valence electrons. The van der Waals surface area contributed by atoms with Crippen molar-refractivity contribution < 1.29 is 0 Å². The zero-order valence-corrected chi connectivity index (χ0v) is 12.8. The summed E-state index contributed by atoms with van der Waals surface area (Å²) in [5.41, 5.74) is 8.21. The Bertz CT molecular complexity index is 597. The van der Waals surface area contributed by atoms with Crippen LogP contribution in [0.4, 0.5) is 0 Å². The van der Waals surface area contributed by atoms with E-state index in [1.54, 1.807) is 0 Å². The van der Waals surface area contributed by atoms with Gasteiger partial charge in [-0.15, -0.1) is 10.2 Å². The van der Waals surface area contributed by atoms with Crippen LogP contribution in [0.2, 0.25) is 0 Å². The van der Waals surface area contributed by atoms with Crippen LogP contribution in [0.15, 0.2) is 24.3 Å². The molecule has 0 aliphatic heterocycles. The SMILES string of the molecule is Cc1nnc(-c2ccccc2CCN)n1C1CCCCC1. The van der Waals surface area contributed by atoms with Crippen molar-refractivity contribution in [3.8, 4) is 11.4 Å². The molecule has 0 unspecified atom stereocenters. The lowest BCUT2D eigenvalue weighted by molar-refractivity contribution is 0.350. The first-order valence-electron chi connectivity index (χ1n) is 8.01. The maximum atomic E-state index is 5.75. The Morgan fingerprint density at radius 3 is 2.67 bits per heavy atom. The first kappa shape index (κ1) is 14.3. The van der Waals surface area contributed by atoms with Crippen molar-refractivity contribution in [2.24, 2.45) is 5.73 Å². The number of aryl methyl sites for hydroxylation is 1. The molecule has 1 aliphatic carbocycles. The van der Waals surface area contributed by atoms with Gasteiger partial charge < -0.3 is 10.3 Å². The van der Waals surface area contributed by atoms with Crippen molar-refractivity contribution in [1.29, 1.82) is 0 Å². The molecule has 21 heavy (non-hydrogen) atoms. The van der Waals surface area contributed by atoms with Crippen LogP contribution in [-0.2, 0) is 6.42 Å². The molecule has 0 saturated heterocycles. The molecule has 2 aromatic rings. The van der Waals surface area contributed by atoms with E-state index in [0.717, 1.165) is 18.1 Å². The summed E-state index contributed by atoms with van der Waals surface area (Å²) in [5, 5.41) is 8.83. The smallest absolute Gasteiger partial charge is 0.164 e. The second-order valence-electron chi connectivity index (χ2n) is 5.93. The molecule has 0 amide bonds. The lowest BCUT2D eigenvalue weighted by Crippen LogP contribution is -2.16. The van der Waals surface area contributed by atoms with Gasteiger partial charge in [-0.25, -0.2) is 0 Å². The molecular weight excluding hydrogens is 260 g/mol. The van der Waals surface area contributed by atoms with Crippen LogP contribution < -0.4 is 5.73 Å². The van der Waals surface area contributed by atoms with Crippen LogP contribution in [0.3, 0.4) is 0 Å². The first-order chi connectivity index (χ1) is 10.3. The highest BCUT2D eigenvalue weighted by Crippen LogP contribution is 2.33. The van der Waals surface area contributed by atoms with Gasteiger partial charge in [0.15, 0.2) is 5.82 Å². The summed E-state index contributed by atoms with van der Waals surface area (Å²) in [6, 6.07) is 8.99. The van der Waals surface area contributed by atoms with E-state index in [-0.39, 0.29) is 0 Å². The van der Waals surface area contributed by atoms with Crippen molar-refractivity contribution in [3.63, 3.8) is 0 Å². The van der Waals surface area contributed by atoms with E-state index in [1.807, 2.05) is 0 Å². The van der Waals surface area contributed by atoms with Crippen LogP contribution >= 0.6 is 0 Å². The van der Waals surface area contributed by atoms with Gasteiger partial charge in [-0.2, -0.15) is 0 Å². The van der Waals surface area contributed by atoms with Crippen molar-refractivity contribution >= 4 is 0 Å². The van der Waals surface area contributed by atoms with Crippen LogP contribution in [0, 0.1) is 6.92 Å². The Labute approximate surface area is 126 Å². The van der Waals surface area contributed by atoms with Crippen molar-refractivity contribution in [1.82, 2.24) is 14.8 Å². The maximum absolute atomic E-state index is 5.75. The number of hydrogen-bond donors (Lipinski definition) is 1. The third-order valence-electron chi connectivity index (χ3n) is 4.48. The maximum Gasteiger partial charge on any atom is 0.164 e. The lowest BCUT2D eigenvalue weighted by atomic mass is 9.94. The molecule has 1 saturated carbocycles. The highest BCUT2D eigenvalue weighted by atomic mass is 15.3. The van der Waals surface area contributed by atoms with Gasteiger partial charge in [0, 0.05) is 11.6 Å². The van der Waals surface area contributed by atoms with Crippen molar-refractivity contribution in [2.45, 2.75) is 51.5 Å². The molecule has 1 heterocycles. The fourth-order valence-corrected chi connectivity index (χ4v) is 3.44. The van der Waals surface area contributed by atoms with Gasteiger partial charge in [0.1, 0.15) is 5.82 Å². The number of aromatic nitrogens is 3. The first-order valence-corrected chi connectivity index (χ1v) is 8.01. The monoisotopic (exact) mass is 284 g/mol. The molecule has 1 aromatic heterocycles. The summed E-state index contributed by atoms with van der Waals surface area (Å²) in [4.78, 5) is 0. The minimum atomic E-state index is 0.551. The van der Waals surface area contributed by atoms with Crippen LogP contribution in [0.1, 0.15) is 49.5 Å². The van der Waals surface area contributed by atoms with Crippen molar-refractivity contribution in [3.05, 3.63) is 35.7 Å². The third-order valence-corrected chi connectivity index (χ3v) is 4.48. The fraction of sp³-hybridized carbons (Fsp3) is 0.529. The molecule has 0 spiro atoms. The molecular formula is C17H24N4. The lowest BCUT2D eigenvalue weighted by Gasteiger charge is -2.25. The van der Waals surface area contributed by atoms with Gasteiger partial charge in [0.2, 0.25) is 0 Å². The second-order valence-corrected chi connectivity index (χ2v) is 5.93. The minimum absolute atomic E-state index is 0.551. The Hall–Kier alpha value is -1.68. The zero-order valence-electron chi connectivity index (χ0n) is 12.8. The van der Waals surface area contributed by atoms with Gasteiger partial charge in [0.05, 0.1) is 0 Å². The molecule has 2 N–H and O–H groups in total. The normalized spacial score (nSPS) is 16.3. The van der Waals surface area contributed by atoms with E-state index in [2.05, 4.69) is 46.0 Å². The molecule has 0 radical (unpaired) electrons. The Kier molecular flexibility index (Phi) is 4.34. The van der Waals surface area contributed by atoms with Gasteiger partial charge in [-0.05, 0) is 38.3 Å². The van der Waals surface area contributed by atoms with Gasteiger partial charge >= 0.3 is 0 Å². The third kappa shape index (κ3) is 2.86. The number of nitrogens with two attached hydrogens (primary N) is 1. The molecule has 0 bridgehead atoms. The largest absolute Gasteiger partial charge is 0.330 e. The number of benzene rings is 1. The van der Waals surface area contributed by atoms with Crippen LogP contribution in [-0.4, -0.2) is 21.3 Å². The fourth-order valence-electron chi connectivity index (χ4n) is 3.44. The minimum Gasteiger partial charge on any atom is -0.330 e. The Balaban J connectivity index is 2.03. The summed E-state index contributed by atoms with van der Waals surface area (Å²) in [6.07, 6.45) is 7.34. The Morgan fingerprint density at radius 1 is 1.14 bits per heavy atom. The Morgan fingerprint density at radius 2 is 1.90 bits per heavy atom. The van der Waals surface area contributed by atoms with Crippen LogP contribution in [0.5, 0.6) is 0 Å². The van der Waals surface area contributed by atoms with Gasteiger partial charge in [-0.1, -0.05) is 43.5 Å². The van der Waals surface area contributed by atoms with E-state index in [4.69, 9.17) is 5.73 Å². The van der Waals surface area contributed by atoms with E-state index in [1.165, 1.54) is 43.2 Å². The summed E-state index contributed by atoms with van der Waals surface area (Å²) >= 11 is 0. The summed E-state index contributed by atoms with van der Waals surface area (Å²) in [7, 11) is 0. The van der Waals surface area contributed by atoms with Crippen molar-refractivity contribution in [2.75, 3.05) is 6.54 Å². The molecule has 4 nitrogen and oxygen atoms in total. The zero-order chi connectivity index (χ0) is 14.7. The van der Waals surface area contributed by atoms with Crippen LogP contribution in [0.25, 0.3) is 11.4 Å². The highest BCUT2D eigenvalue weighted by molar-refractivity contribution is 5.61. The summed E-state index contributed by atoms with van der Waals surface area (Å²) in [5.74, 6) is 2.04. The number of nitrogens with zero attached hydrogens (tertiary/aromatic N) is 3. The molecule has 3 rings (SSSR count). The molecule has 1 aliphatic rings. The quantitative estimate of drug-likeness (QED) is 0.937. The van der Waals surface area contributed by atoms with E-state index in [0.29, 0.717) is 12.6 Å². The second kappa shape index (κ2) is 6.39. The molecule has 1 aromatic carbocycles. The number of hydrogen-bond acceptors (Lipinski definition) is 3. The predicted molar refractivity (Wildman–Crippen MR) is 85.1 cm³/mol. The van der Waals surface area contributed by atoms with Gasteiger partial charge in [0.25, 0.3) is 0 Å². The summed E-state index contributed by atoms with van der Waals surface area (Å²) < 4.78 is 2.36. The molecule has 0 atom stereocenters. The predicted octanol–water partition coefficient (Wildman–Crippen LogP) is 3.26. The number of rotatable bonds is 4. The topological polar surface area (TPSA) is 56.7 Å². The molecule has 1 fully saturated rings. The average molecular weight is 284 g/mol. The van der Waals surface area contributed by atoms with E-state index >= 15 is 0 Å². The average Bonchev–Trinajstić information content (AvgIpc) is 2.91.